The summed E-state index contributed by atoms with van der Waals surface area (Å²) in [4.78, 5) is 13.3. The lowest BCUT2D eigenvalue weighted by atomic mass is 9.93. The predicted molar refractivity (Wildman–Crippen MR) is 87.9 cm³/mol. The maximum atomic E-state index is 11.0. The molecule has 0 heterocycles. The van der Waals surface area contributed by atoms with Crippen molar-refractivity contribution in [1.82, 2.24) is 0 Å². The van der Waals surface area contributed by atoms with Crippen LogP contribution in [-0.4, -0.2) is 24.8 Å². The summed E-state index contributed by atoms with van der Waals surface area (Å²) < 4.78 is 5.18. The lowest BCUT2D eigenvalue weighted by Crippen LogP contribution is -2.33. The van der Waals surface area contributed by atoms with Crippen LogP contribution < -0.4 is 10.6 Å². The average Bonchev–Trinajstić information content (AvgIpc) is 2.34. The molecular weight excluding hydrogens is 264 g/mol. The van der Waals surface area contributed by atoms with Gasteiger partial charge in [-0.05, 0) is 64.3 Å². The smallest absolute Gasteiger partial charge is 0.405 e. The Morgan fingerprint density at radius 1 is 1.19 bits per heavy atom. The molecule has 1 aromatic rings. The molecule has 0 unspecified atom stereocenters. The summed E-state index contributed by atoms with van der Waals surface area (Å²) in [6, 6.07) is 4.41. The highest BCUT2D eigenvalue weighted by Crippen LogP contribution is 2.27. The first-order chi connectivity index (χ1) is 9.70. The fourth-order valence-corrected chi connectivity index (χ4v) is 2.72. The van der Waals surface area contributed by atoms with Crippen molar-refractivity contribution >= 4 is 11.8 Å². The maximum Gasteiger partial charge on any atom is 0.405 e. The summed E-state index contributed by atoms with van der Waals surface area (Å²) >= 11 is 0. The molecule has 0 atom stereocenters. The van der Waals surface area contributed by atoms with Gasteiger partial charge in [0.05, 0.1) is 0 Å². The first kappa shape index (κ1) is 17.3. The lowest BCUT2D eigenvalue weighted by molar-refractivity contribution is 0.0459. The van der Waals surface area contributed by atoms with Gasteiger partial charge in [0.15, 0.2) is 0 Å². The summed E-state index contributed by atoms with van der Waals surface area (Å²) in [7, 11) is 0. The Balaban J connectivity index is 3.06. The maximum absolute atomic E-state index is 11.0. The molecule has 4 nitrogen and oxygen atoms in total. The first-order valence-corrected chi connectivity index (χ1v) is 7.53. The third-order valence-corrected chi connectivity index (χ3v) is 3.75. The molecule has 1 aromatic carbocycles. The van der Waals surface area contributed by atoms with Gasteiger partial charge in [0, 0.05) is 25.2 Å². The van der Waals surface area contributed by atoms with Gasteiger partial charge in [-0.25, -0.2) is 4.79 Å². The molecule has 118 valence electrons. The van der Waals surface area contributed by atoms with Gasteiger partial charge in [-0.15, -0.1) is 0 Å². The van der Waals surface area contributed by atoms with E-state index in [1.165, 1.54) is 22.4 Å². The fraction of sp³-hybridized carbons (Fsp3) is 0.588. The van der Waals surface area contributed by atoms with E-state index in [-0.39, 0.29) is 0 Å². The number of ether oxygens (including phenoxy) is 1. The number of carbonyl (C=O) groups is 1. The minimum absolute atomic E-state index is 0.597. The standard InChI is InChI=1S/C17H28N2O2/c1-7-19(8-2)15-10-12(3)14(9-13(15)4)11-17(5,6)21-16(18)20/h9-10H,7-8,11H2,1-6H3,(H2,18,20). The van der Waals surface area contributed by atoms with Gasteiger partial charge in [-0.2, -0.15) is 0 Å². The van der Waals surface area contributed by atoms with Gasteiger partial charge in [0.2, 0.25) is 0 Å². The zero-order valence-electron chi connectivity index (χ0n) is 14.1. The van der Waals surface area contributed by atoms with E-state index >= 15 is 0 Å². The fourth-order valence-electron chi connectivity index (χ4n) is 2.72. The number of anilines is 1. The SMILES string of the molecule is CCN(CC)c1cc(C)c(CC(C)(C)OC(N)=O)cc1C. The number of carbonyl (C=O) groups excluding carboxylic acids is 1. The van der Waals surface area contributed by atoms with Crippen LogP contribution in [0.25, 0.3) is 0 Å². The van der Waals surface area contributed by atoms with Gasteiger partial charge in [0.1, 0.15) is 5.60 Å². The quantitative estimate of drug-likeness (QED) is 0.872. The van der Waals surface area contributed by atoms with Crippen LogP contribution in [0.3, 0.4) is 0 Å². The zero-order chi connectivity index (χ0) is 16.2. The number of benzene rings is 1. The number of nitrogens with two attached hydrogens (primary N) is 1. The van der Waals surface area contributed by atoms with Crippen LogP contribution in [0.1, 0.15) is 44.4 Å². The Morgan fingerprint density at radius 2 is 1.76 bits per heavy atom. The Kier molecular flexibility index (Phi) is 5.64. The summed E-state index contributed by atoms with van der Waals surface area (Å²) in [5, 5.41) is 0. The molecule has 0 aliphatic heterocycles. The third-order valence-electron chi connectivity index (χ3n) is 3.75. The van der Waals surface area contributed by atoms with E-state index in [9.17, 15) is 4.79 Å². The van der Waals surface area contributed by atoms with Gasteiger partial charge in [-0.3, -0.25) is 0 Å². The topological polar surface area (TPSA) is 55.6 Å². The first-order valence-electron chi connectivity index (χ1n) is 7.53. The van der Waals surface area contributed by atoms with E-state index in [0.29, 0.717) is 6.42 Å². The normalized spacial score (nSPS) is 11.3. The van der Waals surface area contributed by atoms with E-state index in [1.807, 2.05) is 13.8 Å². The summed E-state index contributed by atoms with van der Waals surface area (Å²) in [6.07, 6.45) is -0.0737. The molecule has 0 bridgehead atoms. The lowest BCUT2D eigenvalue weighted by Gasteiger charge is -2.28. The highest BCUT2D eigenvalue weighted by molar-refractivity contribution is 5.65. The summed E-state index contributed by atoms with van der Waals surface area (Å²) in [6.45, 7) is 14.3. The minimum Gasteiger partial charge on any atom is -0.443 e. The van der Waals surface area contributed by atoms with Crippen molar-refractivity contribution in [3.05, 3.63) is 28.8 Å². The highest BCUT2D eigenvalue weighted by Gasteiger charge is 2.23. The van der Waals surface area contributed by atoms with Crippen molar-refractivity contribution in [2.24, 2.45) is 5.73 Å². The van der Waals surface area contributed by atoms with Crippen LogP contribution in [0.4, 0.5) is 10.5 Å². The Morgan fingerprint density at radius 3 is 2.24 bits per heavy atom. The molecule has 0 saturated carbocycles. The van der Waals surface area contributed by atoms with E-state index < -0.39 is 11.7 Å². The van der Waals surface area contributed by atoms with E-state index in [0.717, 1.165) is 13.1 Å². The molecule has 21 heavy (non-hydrogen) atoms. The Hall–Kier alpha value is -1.71. The molecular formula is C17H28N2O2. The van der Waals surface area contributed by atoms with E-state index in [4.69, 9.17) is 10.5 Å². The number of aryl methyl sites for hydroxylation is 2. The van der Waals surface area contributed by atoms with Crippen molar-refractivity contribution in [2.45, 2.75) is 53.6 Å². The molecule has 0 aromatic heterocycles. The number of hydrogen-bond acceptors (Lipinski definition) is 3. The highest BCUT2D eigenvalue weighted by atomic mass is 16.6. The second kappa shape index (κ2) is 6.83. The van der Waals surface area contributed by atoms with Crippen LogP contribution in [-0.2, 0) is 11.2 Å². The van der Waals surface area contributed by atoms with Crippen molar-refractivity contribution < 1.29 is 9.53 Å². The number of hydrogen-bond donors (Lipinski definition) is 1. The van der Waals surface area contributed by atoms with Gasteiger partial charge in [-0.1, -0.05) is 6.07 Å². The number of nitrogens with zero attached hydrogens (tertiary/aromatic N) is 1. The third kappa shape index (κ3) is 4.66. The average molecular weight is 292 g/mol. The Labute approximate surface area is 128 Å². The monoisotopic (exact) mass is 292 g/mol. The van der Waals surface area contributed by atoms with Crippen molar-refractivity contribution in [1.29, 1.82) is 0 Å². The van der Waals surface area contributed by atoms with Crippen LogP contribution >= 0.6 is 0 Å². The molecule has 0 fully saturated rings. The molecule has 1 rings (SSSR count). The Bertz CT molecular complexity index is 506. The number of rotatable bonds is 6. The largest absolute Gasteiger partial charge is 0.443 e. The van der Waals surface area contributed by atoms with Crippen molar-refractivity contribution in [2.75, 3.05) is 18.0 Å². The molecule has 2 N–H and O–H groups in total. The van der Waals surface area contributed by atoms with E-state index in [2.05, 4.69) is 44.7 Å². The molecule has 4 heteroatoms. The molecule has 0 aliphatic carbocycles. The molecule has 1 amide bonds. The summed E-state index contributed by atoms with van der Waals surface area (Å²) in [5.41, 5.74) is 9.45. The molecule has 0 saturated heterocycles. The molecule has 0 aliphatic rings. The van der Waals surface area contributed by atoms with Crippen LogP contribution in [0.15, 0.2) is 12.1 Å². The number of amides is 1. The second-order valence-corrected chi connectivity index (χ2v) is 6.10. The molecule has 0 radical (unpaired) electrons. The van der Waals surface area contributed by atoms with Crippen LogP contribution in [0, 0.1) is 13.8 Å². The van der Waals surface area contributed by atoms with Crippen molar-refractivity contribution in [3.63, 3.8) is 0 Å². The van der Waals surface area contributed by atoms with Gasteiger partial charge in [0.25, 0.3) is 0 Å². The van der Waals surface area contributed by atoms with Crippen LogP contribution in [0.5, 0.6) is 0 Å². The van der Waals surface area contributed by atoms with Gasteiger partial charge >= 0.3 is 6.09 Å². The molecule has 0 spiro atoms. The number of primary amides is 1. The van der Waals surface area contributed by atoms with E-state index in [1.54, 1.807) is 0 Å². The van der Waals surface area contributed by atoms with Crippen LogP contribution in [0.2, 0.25) is 0 Å². The predicted octanol–water partition coefficient (Wildman–Crippen LogP) is 3.57. The zero-order valence-corrected chi connectivity index (χ0v) is 14.1. The van der Waals surface area contributed by atoms with Gasteiger partial charge < -0.3 is 15.4 Å². The minimum atomic E-state index is -0.728. The summed E-state index contributed by atoms with van der Waals surface area (Å²) in [5.74, 6) is 0. The van der Waals surface area contributed by atoms with Crippen molar-refractivity contribution in [3.8, 4) is 0 Å². The second-order valence-electron chi connectivity index (χ2n) is 6.10.